The number of alkyl carbamates (subject to hydrolysis) is 1. The lowest BCUT2D eigenvalue weighted by Crippen LogP contribution is -2.53. The van der Waals surface area contributed by atoms with E-state index < -0.39 is 18.2 Å². The quantitative estimate of drug-likeness (QED) is 0.377. The average Bonchev–Trinajstić information content (AvgIpc) is 3.37. The molecule has 0 spiro atoms. The minimum Gasteiger partial charge on any atom is -0.468 e. The third-order valence-corrected chi connectivity index (χ3v) is 7.18. The molecule has 1 aliphatic rings. The third kappa shape index (κ3) is 9.72. The number of hydrogen-bond donors (Lipinski definition) is 2. The molecule has 0 unspecified atom stereocenters. The van der Waals surface area contributed by atoms with Gasteiger partial charge in [0, 0.05) is 0 Å². The second-order valence-electron chi connectivity index (χ2n) is 9.78. The predicted molar refractivity (Wildman–Crippen MR) is 142 cm³/mol. The topological polar surface area (TPSA) is 97.6 Å². The molecule has 1 aromatic carbocycles. The van der Waals surface area contributed by atoms with E-state index in [2.05, 4.69) is 10.6 Å². The fourth-order valence-corrected chi connectivity index (χ4v) is 5.20. The first kappa shape index (κ1) is 27.8. The van der Waals surface area contributed by atoms with Gasteiger partial charge in [0.25, 0.3) is 0 Å². The summed E-state index contributed by atoms with van der Waals surface area (Å²) < 4.78 is 10.9. The minimum atomic E-state index is -0.775. The van der Waals surface area contributed by atoms with Crippen LogP contribution in [0, 0.1) is 5.92 Å². The molecule has 1 saturated carbocycles. The van der Waals surface area contributed by atoms with E-state index in [9.17, 15) is 14.4 Å². The van der Waals surface area contributed by atoms with Crippen LogP contribution in [0.5, 0.6) is 0 Å². The van der Waals surface area contributed by atoms with Crippen LogP contribution in [-0.4, -0.2) is 41.7 Å². The molecule has 196 valence electrons. The zero-order valence-electron chi connectivity index (χ0n) is 21.2. The number of thioether (sulfide) groups is 1. The van der Waals surface area contributed by atoms with Crippen molar-refractivity contribution in [1.82, 2.24) is 10.6 Å². The number of benzene rings is 1. The van der Waals surface area contributed by atoms with Gasteiger partial charge in [0.15, 0.2) is 5.78 Å². The molecule has 0 radical (unpaired) electrons. The lowest BCUT2D eigenvalue weighted by molar-refractivity contribution is -0.128. The second-order valence-corrected chi connectivity index (χ2v) is 10.8. The molecule has 1 aromatic heterocycles. The van der Waals surface area contributed by atoms with Gasteiger partial charge in [-0.3, -0.25) is 9.59 Å². The summed E-state index contributed by atoms with van der Waals surface area (Å²) >= 11 is 1.45. The summed E-state index contributed by atoms with van der Waals surface area (Å²) in [6.07, 6.45) is 6.76. The van der Waals surface area contributed by atoms with E-state index in [0.717, 1.165) is 43.4 Å². The van der Waals surface area contributed by atoms with Gasteiger partial charge in [-0.2, -0.15) is 0 Å². The summed E-state index contributed by atoms with van der Waals surface area (Å²) in [6.45, 7) is 3.98. The molecule has 2 atom stereocenters. The Morgan fingerprint density at radius 1 is 1.00 bits per heavy atom. The van der Waals surface area contributed by atoms with Crippen molar-refractivity contribution in [3.8, 4) is 0 Å². The SMILES string of the molecule is CC(C)C[C@H](NC(=O)OC1CCCCC1)C(=O)N[C@@H](Cc1ccccc1)C(=O)CSCc1ccco1. The van der Waals surface area contributed by atoms with E-state index in [-0.39, 0.29) is 29.5 Å². The zero-order valence-corrected chi connectivity index (χ0v) is 22.1. The summed E-state index contributed by atoms with van der Waals surface area (Å²) in [5.74, 6) is 1.35. The molecule has 36 heavy (non-hydrogen) atoms. The van der Waals surface area contributed by atoms with E-state index in [0.29, 0.717) is 18.6 Å². The molecule has 2 amide bonds. The smallest absolute Gasteiger partial charge is 0.408 e. The largest absolute Gasteiger partial charge is 0.468 e. The highest BCUT2D eigenvalue weighted by atomic mass is 32.2. The predicted octanol–water partition coefficient (Wildman–Crippen LogP) is 5.28. The van der Waals surface area contributed by atoms with Gasteiger partial charge < -0.3 is 19.8 Å². The van der Waals surface area contributed by atoms with E-state index in [1.54, 1.807) is 6.26 Å². The number of rotatable bonds is 13. The van der Waals surface area contributed by atoms with Gasteiger partial charge in [-0.15, -0.1) is 11.8 Å². The van der Waals surface area contributed by atoms with Gasteiger partial charge >= 0.3 is 6.09 Å². The number of amides is 2. The second kappa shape index (κ2) is 14.7. The summed E-state index contributed by atoms with van der Waals surface area (Å²) in [5.41, 5.74) is 0.956. The van der Waals surface area contributed by atoms with E-state index in [4.69, 9.17) is 9.15 Å². The van der Waals surface area contributed by atoms with Crippen LogP contribution in [0.3, 0.4) is 0 Å². The highest BCUT2D eigenvalue weighted by Crippen LogP contribution is 2.20. The average molecular weight is 515 g/mol. The van der Waals surface area contributed by atoms with Crippen LogP contribution in [0.4, 0.5) is 4.79 Å². The summed E-state index contributed by atoms with van der Waals surface area (Å²) in [4.78, 5) is 39.1. The van der Waals surface area contributed by atoms with Gasteiger partial charge in [-0.1, -0.05) is 50.6 Å². The number of hydrogen-bond acceptors (Lipinski definition) is 6. The highest BCUT2D eigenvalue weighted by molar-refractivity contribution is 7.99. The van der Waals surface area contributed by atoms with Crippen LogP contribution in [0.1, 0.15) is 63.7 Å². The first-order chi connectivity index (χ1) is 17.4. The third-order valence-electron chi connectivity index (χ3n) is 6.20. The van der Waals surface area contributed by atoms with Gasteiger partial charge in [0.2, 0.25) is 5.91 Å². The number of carbonyl (C=O) groups excluding carboxylic acids is 3. The Kier molecular flexibility index (Phi) is 11.4. The lowest BCUT2D eigenvalue weighted by atomic mass is 9.98. The molecule has 3 rings (SSSR count). The summed E-state index contributed by atoms with van der Waals surface area (Å²) in [6, 6.07) is 11.8. The fourth-order valence-electron chi connectivity index (χ4n) is 4.33. The molecule has 8 heteroatoms. The molecule has 0 bridgehead atoms. The zero-order chi connectivity index (χ0) is 25.8. The van der Waals surface area contributed by atoms with Gasteiger partial charge in [-0.25, -0.2) is 4.79 Å². The van der Waals surface area contributed by atoms with Crippen LogP contribution < -0.4 is 10.6 Å². The molecule has 1 fully saturated rings. The Hall–Kier alpha value is -2.74. The molecular formula is C28H38N2O5S. The molecular weight excluding hydrogens is 476 g/mol. The lowest BCUT2D eigenvalue weighted by Gasteiger charge is -2.26. The van der Waals surface area contributed by atoms with Crippen molar-refractivity contribution in [2.24, 2.45) is 5.92 Å². The van der Waals surface area contributed by atoms with Gasteiger partial charge in [-0.05, 0) is 62.1 Å². The number of ether oxygens (including phenoxy) is 1. The maximum atomic E-state index is 13.3. The Morgan fingerprint density at radius 2 is 1.75 bits per heavy atom. The molecule has 1 heterocycles. The Bertz CT molecular complexity index is 942. The summed E-state index contributed by atoms with van der Waals surface area (Å²) in [5, 5.41) is 5.69. The van der Waals surface area contributed by atoms with Crippen molar-refractivity contribution < 1.29 is 23.5 Å². The van der Waals surface area contributed by atoms with Crippen molar-refractivity contribution in [2.45, 2.75) is 82.7 Å². The molecule has 2 aromatic rings. The number of ketones is 1. The van der Waals surface area contributed by atoms with Gasteiger partial charge in [0.1, 0.15) is 17.9 Å². The molecule has 0 saturated heterocycles. The Morgan fingerprint density at radius 3 is 2.42 bits per heavy atom. The van der Waals surface area contributed by atoms with E-state index in [1.165, 1.54) is 11.8 Å². The van der Waals surface area contributed by atoms with Crippen molar-refractivity contribution in [1.29, 1.82) is 0 Å². The van der Waals surface area contributed by atoms with Crippen LogP contribution >= 0.6 is 11.8 Å². The minimum absolute atomic E-state index is 0.0724. The molecule has 2 N–H and O–H groups in total. The fraction of sp³-hybridized carbons (Fsp3) is 0.536. The monoisotopic (exact) mass is 514 g/mol. The number of Topliss-reactive ketones (excluding diaryl/α,β-unsaturated/α-hetero) is 1. The standard InChI is InChI=1S/C28H38N2O5S/c1-20(2)16-25(30-28(33)35-22-12-7-4-8-13-22)27(32)29-24(17-21-10-5-3-6-11-21)26(31)19-36-18-23-14-9-15-34-23/h3,5-6,9-11,14-15,20,22,24-25H,4,7-8,12-13,16-19H2,1-2H3,(H,29,32)(H,30,33)/t24-,25-/m0/s1. The normalized spacial score (nSPS) is 15.8. The first-order valence-corrected chi connectivity index (χ1v) is 14.0. The maximum absolute atomic E-state index is 13.3. The van der Waals surface area contributed by atoms with Crippen LogP contribution in [-0.2, 0) is 26.5 Å². The number of furan rings is 1. The van der Waals surface area contributed by atoms with Crippen LogP contribution in [0.2, 0.25) is 0 Å². The van der Waals surface area contributed by atoms with Crippen molar-refractivity contribution >= 4 is 29.5 Å². The van der Waals surface area contributed by atoms with Gasteiger partial charge in [0.05, 0.1) is 23.8 Å². The molecule has 7 nitrogen and oxygen atoms in total. The van der Waals surface area contributed by atoms with E-state index in [1.807, 2.05) is 56.3 Å². The Labute approximate surface area is 218 Å². The first-order valence-electron chi connectivity index (χ1n) is 12.8. The highest BCUT2D eigenvalue weighted by Gasteiger charge is 2.29. The van der Waals surface area contributed by atoms with Crippen molar-refractivity contribution in [3.05, 3.63) is 60.1 Å². The summed E-state index contributed by atoms with van der Waals surface area (Å²) in [7, 11) is 0. The van der Waals surface area contributed by atoms with Crippen molar-refractivity contribution in [2.75, 3.05) is 5.75 Å². The van der Waals surface area contributed by atoms with E-state index >= 15 is 0 Å². The number of nitrogens with one attached hydrogen (secondary N) is 2. The maximum Gasteiger partial charge on any atom is 0.408 e. The van der Waals surface area contributed by atoms with Crippen LogP contribution in [0.25, 0.3) is 0 Å². The Balaban J connectivity index is 1.63. The molecule has 1 aliphatic carbocycles. The molecule has 0 aliphatic heterocycles. The van der Waals surface area contributed by atoms with Crippen LogP contribution in [0.15, 0.2) is 53.1 Å². The van der Waals surface area contributed by atoms with Crippen molar-refractivity contribution in [3.63, 3.8) is 0 Å². The number of carbonyl (C=O) groups is 3.